The highest BCUT2D eigenvalue weighted by molar-refractivity contribution is 5.93. The van der Waals surface area contributed by atoms with Crippen LogP contribution in [-0.4, -0.2) is 41.3 Å². The van der Waals surface area contributed by atoms with Gasteiger partial charge in [0.15, 0.2) is 0 Å². The zero-order valence-corrected chi connectivity index (χ0v) is 10.4. The molecule has 18 heavy (non-hydrogen) atoms. The van der Waals surface area contributed by atoms with Crippen molar-refractivity contribution in [3.05, 3.63) is 24.0 Å². The molecule has 0 aliphatic carbocycles. The number of rotatable bonds is 8. The summed E-state index contributed by atoms with van der Waals surface area (Å²) in [7, 11) is 0. The standard InChI is InChI=1S/C12H18N2O4/c1-2-18-8-4-6-13-12(17)10-5-3-7-14(10)9-11(15)16/h3,5,7H,2,4,6,8-9H2,1H3,(H,13,17)(H,15,16). The van der Waals surface area contributed by atoms with Crippen LogP contribution in [0.2, 0.25) is 0 Å². The highest BCUT2D eigenvalue weighted by Gasteiger charge is 2.11. The van der Waals surface area contributed by atoms with Gasteiger partial charge in [0.05, 0.1) is 0 Å². The smallest absolute Gasteiger partial charge is 0.323 e. The first-order chi connectivity index (χ1) is 8.65. The van der Waals surface area contributed by atoms with Gasteiger partial charge < -0.3 is 19.7 Å². The lowest BCUT2D eigenvalue weighted by atomic mass is 10.3. The average molecular weight is 254 g/mol. The Morgan fingerprint density at radius 3 is 2.94 bits per heavy atom. The van der Waals surface area contributed by atoms with Gasteiger partial charge in [-0.15, -0.1) is 0 Å². The Hall–Kier alpha value is -1.82. The second kappa shape index (κ2) is 7.50. The number of amides is 1. The van der Waals surface area contributed by atoms with Crippen molar-refractivity contribution >= 4 is 11.9 Å². The van der Waals surface area contributed by atoms with E-state index in [2.05, 4.69) is 5.32 Å². The van der Waals surface area contributed by atoms with Crippen LogP contribution in [0.3, 0.4) is 0 Å². The summed E-state index contributed by atoms with van der Waals surface area (Å²) in [6.07, 6.45) is 2.31. The molecule has 6 heteroatoms. The monoisotopic (exact) mass is 254 g/mol. The van der Waals surface area contributed by atoms with Crippen LogP contribution in [0, 0.1) is 0 Å². The van der Waals surface area contributed by atoms with Crippen LogP contribution in [0.25, 0.3) is 0 Å². The topological polar surface area (TPSA) is 80.6 Å². The van der Waals surface area contributed by atoms with Gasteiger partial charge >= 0.3 is 5.97 Å². The average Bonchev–Trinajstić information content (AvgIpc) is 2.76. The van der Waals surface area contributed by atoms with Crippen LogP contribution in [-0.2, 0) is 16.1 Å². The van der Waals surface area contributed by atoms with Gasteiger partial charge in [0.1, 0.15) is 12.2 Å². The predicted octanol–water partition coefficient (Wildman–Crippen LogP) is 0.729. The minimum atomic E-state index is -0.975. The maximum Gasteiger partial charge on any atom is 0.323 e. The molecule has 0 radical (unpaired) electrons. The van der Waals surface area contributed by atoms with Gasteiger partial charge in [0.25, 0.3) is 5.91 Å². The Kier molecular flexibility index (Phi) is 5.93. The van der Waals surface area contributed by atoms with E-state index in [4.69, 9.17) is 9.84 Å². The molecular weight excluding hydrogens is 236 g/mol. The summed E-state index contributed by atoms with van der Waals surface area (Å²) < 4.78 is 6.55. The van der Waals surface area contributed by atoms with Crippen LogP contribution in [0.1, 0.15) is 23.8 Å². The number of ether oxygens (including phenoxy) is 1. The lowest BCUT2D eigenvalue weighted by molar-refractivity contribution is -0.137. The number of hydrogen-bond donors (Lipinski definition) is 2. The second-order valence-electron chi connectivity index (χ2n) is 3.72. The molecule has 6 nitrogen and oxygen atoms in total. The van der Waals surface area contributed by atoms with Crippen LogP contribution in [0.15, 0.2) is 18.3 Å². The summed E-state index contributed by atoms with van der Waals surface area (Å²) in [6.45, 7) is 3.48. The fourth-order valence-electron chi connectivity index (χ4n) is 1.51. The number of carboxylic acid groups (broad SMARTS) is 1. The molecule has 0 fully saturated rings. The Morgan fingerprint density at radius 1 is 1.50 bits per heavy atom. The van der Waals surface area contributed by atoms with Crippen LogP contribution in [0.5, 0.6) is 0 Å². The molecule has 0 aliphatic rings. The van der Waals surface area contributed by atoms with Gasteiger partial charge in [-0.05, 0) is 25.5 Å². The molecule has 0 atom stereocenters. The van der Waals surface area contributed by atoms with Crippen LogP contribution >= 0.6 is 0 Å². The second-order valence-corrected chi connectivity index (χ2v) is 3.72. The summed E-state index contributed by atoms with van der Waals surface area (Å²) in [6, 6.07) is 3.25. The molecule has 1 aromatic heterocycles. The summed E-state index contributed by atoms with van der Waals surface area (Å²) in [5, 5.41) is 11.4. The first kappa shape index (κ1) is 14.2. The van der Waals surface area contributed by atoms with E-state index < -0.39 is 5.97 Å². The lowest BCUT2D eigenvalue weighted by Crippen LogP contribution is -2.28. The molecule has 1 rings (SSSR count). The zero-order chi connectivity index (χ0) is 13.4. The highest BCUT2D eigenvalue weighted by Crippen LogP contribution is 2.02. The third-order valence-corrected chi connectivity index (χ3v) is 2.32. The number of aliphatic carboxylic acids is 1. The fraction of sp³-hybridized carbons (Fsp3) is 0.500. The van der Waals surface area contributed by atoms with Gasteiger partial charge in [-0.25, -0.2) is 0 Å². The molecule has 0 unspecified atom stereocenters. The van der Waals surface area contributed by atoms with Crippen molar-refractivity contribution in [3.8, 4) is 0 Å². The molecule has 0 saturated carbocycles. The van der Waals surface area contributed by atoms with Crippen LogP contribution < -0.4 is 5.32 Å². The lowest BCUT2D eigenvalue weighted by Gasteiger charge is -2.07. The van der Waals surface area contributed by atoms with Crippen molar-refractivity contribution in [1.82, 2.24) is 9.88 Å². The molecule has 1 heterocycles. The summed E-state index contributed by atoms with van der Waals surface area (Å²) in [4.78, 5) is 22.4. The molecule has 1 amide bonds. The van der Waals surface area contributed by atoms with E-state index in [9.17, 15) is 9.59 Å². The zero-order valence-electron chi connectivity index (χ0n) is 10.4. The molecule has 0 spiro atoms. The van der Waals surface area contributed by atoms with E-state index in [0.29, 0.717) is 25.5 Å². The normalized spacial score (nSPS) is 10.3. The van der Waals surface area contributed by atoms with E-state index in [1.165, 1.54) is 4.57 Å². The van der Waals surface area contributed by atoms with E-state index >= 15 is 0 Å². The Balaban J connectivity index is 2.41. The Labute approximate surface area is 106 Å². The number of aromatic nitrogens is 1. The van der Waals surface area contributed by atoms with Crippen LogP contribution in [0.4, 0.5) is 0 Å². The molecule has 0 bridgehead atoms. The number of carbonyl (C=O) groups excluding carboxylic acids is 1. The molecule has 2 N–H and O–H groups in total. The number of carbonyl (C=O) groups is 2. The third kappa shape index (κ3) is 4.58. The fourth-order valence-corrected chi connectivity index (χ4v) is 1.51. The van der Waals surface area contributed by atoms with E-state index in [0.717, 1.165) is 6.42 Å². The molecule has 0 aromatic carbocycles. The molecule has 0 aliphatic heterocycles. The van der Waals surface area contributed by atoms with Gasteiger partial charge in [-0.2, -0.15) is 0 Å². The SMILES string of the molecule is CCOCCCNC(=O)c1cccn1CC(=O)O. The molecule has 0 saturated heterocycles. The Morgan fingerprint density at radius 2 is 2.28 bits per heavy atom. The number of carboxylic acids is 1. The van der Waals surface area contributed by atoms with Crippen molar-refractivity contribution in [1.29, 1.82) is 0 Å². The summed E-state index contributed by atoms with van der Waals surface area (Å²) in [5.41, 5.74) is 0.355. The Bertz CT molecular complexity index is 401. The molecule has 100 valence electrons. The van der Waals surface area contributed by atoms with Crippen molar-refractivity contribution < 1.29 is 19.4 Å². The van der Waals surface area contributed by atoms with E-state index in [1.807, 2.05) is 6.92 Å². The minimum Gasteiger partial charge on any atom is -0.480 e. The predicted molar refractivity (Wildman–Crippen MR) is 65.5 cm³/mol. The summed E-state index contributed by atoms with van der Waals surface area (Å²) >= 11 is 0. The van der Waals surface area contributed by atoms with Crippen molar-refractivity contribution in [2.45, 2.75) is 19.9 Å². The minimum absolute atomic E-state index is 0.214. The maximum atomic E-state index is 11.8. The molecular formula is C12H18N2O4. The van der Waals surface area contributed by atoms with Gasteiger partial charge in [0.2, 0.25) is 0 Å². The van der Waals surface area contributed by atoms with Gasteiger partial charge in [-0.3, -0.25) is 9.59 Å². The first-order valence-electron chi connectivity index (χ1n) is 5.88. The van der Waals surface area contributed by atoms with Crippen molar-refractivity contribution in [2.24, 2.45) is 0 Å². The van der Waals surface area contributed by atoms with E-state index in [1.54, 1.807) is 18.3 Å². The largest absolute Gasteiger partial charge is 0.480 e. The van der Waals surface area contributed by atoms with Crippen molar-refractivity contribution in [2.75, 3.05) is 19.8 Å². The van der Waals surface area contributed by atoms with Gasteiger partial charge in [0, 0.05) is 26.0 Å². The van der Waals surface area contributed by atoms with Crippen molar-refractivity contribution in [3.63, 3.8) is 0 Å². The maximum absolute atomic E-state index is 11.8. The number of nitrogens with zero attached hydrogens (tertiary/aromatic N) is 1. The third-order valence-electron chi connectivity index (χ3n) is 2.32. The molecule has 1 aromatic rings. The quantitative estimate of drug-likeness (QED) is 0.670. The first-order valence-corrected chi connectivity index (χ1v) is 5.88. The summed E-state index contributed by atoms with van der Waals surface area (Å²) in [5.74, 6) is -1.24. The number of nitrogens with one attached hydrogen (secondary N) is 1. The van der Waals surface area contributed by atoms with Gasteiger partial charge in [-0.1, -0.05) is 0 Å². The van der Waals surface area contributed by atoms with E-state index in [-0.39, 0.29) is 12.5 Å². The highest BCUT2D eigenvalue weighted by atomic mass is 16.5. The number of hydrogen-bond acceptors (Lipinski definition) is 3.